The number of hydrogen-bond acceptors (Lipinski definition) is 5. The molecule has 1 amide bonds. The number of carbonyl (C=O) groups excluding carboxylic acids is 1. The molecule has 1 aromatic heterocycles. The SMILES string of the molecule is O=C(C1CCCN1c1cnccn1)N1CCNCC1. The van der Waals surface area contributed by atoms with E-state index in [0.29, 0.717) is 0 Å². The highest BCUT2D eigenvalue weighted by atomic mass is 16.2. The molecule has 6 nitrogen and oxygen atoms in total. The summed E-state index contributed by atoms with van der Waals surface area (Å²) in [6.07, 6.45) is 7.04. The summed E-state index contributed by atoms with van der Waals surface area (Å²) in [4.78, 5) is 25.1. The molecular formula is C13H19N5O. The molecule has 0 radical (unpaired) electrons. The van der Waals surface area contributed by atoms with Crippen molar-refractivity contribution in [2.45, 2.75) is 18.9 Å². The first kappa shape index (κ1) is 12.3. The molecule has 0 spiro atoms. The van der Waals surface area contributed by atoms with E-state index in [0.717, 1.165) is 51.4 Å². The lowest BCUT2D eigenvalue weighted by molar-refractivity contribution is -0.133. The van der Waals surface area contributed by atoms with E-state index in [-0.39, 0.29) is 11.9 Å². The molecule has 0 saturated carbocycles. The highest BCUT2D eigenvalue weighted by Gasteiger charge is 2.34. The first-order valence-corrected chi connectivity index (χ1v) is 6.88. The summed E-state index contributed by atoms with van der Waals surface area (Å²) in [6.45, 7) is 4.29. The van der Waals surface area contributed by atoms with Gasteiger partial charge in [-0.3, -0.25) is 9.78 Å². The molecule has 2 fully saturated rings. The third-order valence-corrected chi connectivity index (χ3v) is 3.81. The molecule has 1 N–H and O–H groups in total. The Kier molecular flexibility index (Phi) is 3.59. The second kappa shape index (κ2) is 5.52. The Morgan fingerprint density at radius 3 is 2.84 bits per heavy atom. The molecular weight excluding hydrogens is 242 g/mol. The van der Waals surface area contributed by atoms with Crippen molar-refractivity contribution in [2.24, 2.45) is 0 Å². The van der Waals surface area contributed by atoms with E-state index >= 15 is 0 Å². The van der Waals surface area contributed by atoms with Gasteiger partial charge in [0.1, 0.15) is 11.9 Å². The predicted octanol–water partition coefficient (Wildman–Crippen LogP) is -0.123. The zero-order valence-electron chi connectivity index (χ0n) is 11.0. The summed E-state index contributed by atoms with van der Waals surface area (Å²) in [6, 6.07) is -0.0604. The number of nitrogens with zero attached hydrogens (tertiary/aromatic N) is 4. The van der Waals surface area contributed by atoms with Crippen LogP contribution in [0.15, 0.2) is 18.6 Å². The van der Waals surface area contributed by atoms with Crippen LogP contribution in [0.2, 0.25) is 0 Å². The highest BCUT2D eigenvalue weighted by molar-refractivity contribution is 5.85. The third kappa shape index (κ3) is 2.53. The maximum atomic E-state index is 12.6. The van der Waals surface area contributed by atoms with Gasteiger partial charge in [-0.05, 0) is 12.8 Å². The molecule has 0 bridgehead atoms. The Balaban J connectivity index is 1.74. The fourth-order valence-electron chi connectivity index (χ4n) is 2.83. The fourth-order valence-corrected chi connectivity index (χ4v) is 2.83. The summed E-state index contributed by atoms with van der Waals surface area (Å²) in [5.74, 6) is 1.05. The minimum atomic E-state index is -0.0604. The maximum Gasteiger partial charge on any atom is 0.245 e. The molecule has 3 heterocycles. The van der Waals surface area contributed by atoms with E-state index in [4.69, 9.17) is 0 Å². The molecule has 3 rings (SSSR count). The topological polar surface area (TPSA) is 61.4 Å². The number of hydrogen-bond donors (Lipinski definition) is 1. The van der Waals surface area contributed by atoms with Crippen molar-refractivity contribution in [3.63, 3.8) is 0 Å². The third-order valence-electron chi connectivity index (χ3n) is 3.81. The minimum Gasteiger partial charge on any atom is -0.343 e. The van der Waals surface area contributed by atoms with Gasteiger partial charge in [0.25, 0.3) is 0 Å². The minimum absolute atomic E-state index is 0.0604. The van der Waals surface area contributed by atoms with Gasteiger partial charge in [-0.2, -0.15) is 0 Å². The van der Waals surface area contributed by atoms with Crippen molar-refractivity contribution < 1.29 is 4.79 Å². The molecule has 0 aromatic carbocycles. The van der Waals surface area contributed by atoms with Crippen molar-refractivity contribution in [1.29, 1.82) is 0 Å². The molecule has 19 heavy (non-hydrogen) atoms. The molecule has 2 aliphatic heterocycles. The first-order chi connectivity index (χ1) is 9.36. The standard InChI is InChI=1S/C13H19N5O/c19-13(17-8-5-14-6-9-17)11-2-1-7-18(11)12-10-15-3-4-16-12/h3-4,10-11,14H,1-2,5-9H2. The number of aromatic nitrogens is 2. The Hall–Kier alpha value is -1.69. The fraction of sp³-hybridized carbons (Fsp3) is 0.615. The monoisotopic (exact) mass is 261 g/mol. The second-order valence-corrected chi connectivity index (χ2v) is 4.99. The van der Waals surface area contributed by atoms with Crippen LogP contribution in [0.3, 0.4) is 0 Å². The van der Waals surface area contributed by atoms with E-state index < -0.39 is 0 Å². The zero-order chi connectivity index (χ0) is 13.1. The van der Waals surface area contributed by atoms with Crippen LogP contribution in [0.5, 0.6) is 0 Å². The van der Waals surface area contributed by atoms with Crippen LogP contribution in [0.4, 0.5) is 5.82 Å². The van der Waals surface area contributed by atoms with Crippen molar-refractivity contribution in [3.05, 3.63) is 18.6 Å². The average Bonchev–Trinajstić information content (AvgIpc) is 2.98. The highest BCUT2D eigenvalue weighted by Crippen LogP contribution is 2.24. The van der Waals surface area contributed by atoms with Gasteiger partial charge < -0.3 is 15.1 Å². The summed E-state index contributed by atoms with van der Waals surface area (Å²) >= 11 is 0. The molecule has 1 aromatic rings. The lowest BCUT2D eigenvalue weighted by atomic mass is 10.1. The Bertz CT molecular complexity index is 432. The van der Waals surface area contributed by atoms with Gasteiger partial charge in [0.2, 0.25) is 5.91 Å². The summed E-state index contributed by atoms with van der Waals surface area (Å²) < 4.78 is 0. The van der Waals surface area contributed by atoms with Crippen LogP contribution in [0.1, 0.15) is 12.8 Å². The van der Waals surface area contributed by atoms with Crippen LogP contribution in [0.25, 0.3) is 0 Å². The van der Waals surface area contributed by atoms with Crippen molar-refractivity contribution in [3.8, 4) is 0 Å². The molecule has 2 aliphatic rings. The molecule has 2 saturated heterocycles. The lowest BCUT2D eigenvalue weighted by Gasteiger charge is -2.33. The van der Waals surface area contributed by atoms with E-state index in [1.807, 2.05) is 4.90 Å². The number of amides is 1. The Labute approximate surface area is 112 Å². The van der Waals surface area contributed by atoms with Gasteiger partial charge >= 0.3 is 0 Å². The smallest absolute Gasteiger partial charge is 0.245 e. The largest absolute Gasteiger partial charge is 0.343 e. The van der Waals surface area contributed by atoms with E-state index in [1.165, 1.54) is 0 Å². The van der Waals surface area contributed by atoms with Gasteiger partial charge in [-0.25, -0.2) is 4.98 Å². The molecule has 0 aliphatic carbocycles. The Morgan fingerprint density at radius 2 is 2.11 bits per heavy atom. The number of carbonyl (C=O) groups is 1. The van der Waals surface area contributed by atoms with E-state index in [1.54, 1.807) is 18.6 Å². The quantitative estimate of drug-likeness (QED) is 0.804. The lowest BCUT2D eigenvalue weighted by Crippen LogP contribution is -2.52. The van der Waals surface area contributed by atoms with Crippen LogP contribution in [-0.2, 0) is 4.79 Å². The number of nitrogens with one attached hydrogen (secondary N) is 1. The summed E-state index contributed by atoms with van der Waals surface area (Å²) in [7, 11) is 0. The number of piperazine rings is 1. The van der Waals surface area contributed by atoms with Crippen LogP contribution < -0.4 is 10.2 Å². The van der Waals surface area contributed by atoms with Crippen molar-refractivity contribution in [2.75, 3.05) is 37.6 Å². The van der Waals surface area contributed by atoms with Crippen LogP contribution in [-0.4, -0.2) is 59.5 Å². The predicted molar refractivity (Wildman–Crippen MR) is 71.8 cm³/mol. The summed E-state index contributed by atoms with van der Waals surface area (Å²) in [5, 5.41) is 3.27. The van der Waals surface area contributed by atoms with Crippen LogP contribution >= 0.6 is 0 Å². The number of rotatable bonds is 2. The van der Waals surface area contributed by atoms with E-state index in [9.17, 15) is 4.79 Å². The van der Waals surface area contributed by atoms with Gasteiger partial charge in [0.05, 0.1) is 6.20 Å². The summed E-state index contributed by atoms with van der Waals surface area (Å²) in [5.41, 5.74) is 0. The Morgan fingerprint density at radius 1 is 1.26 bits per heavy atom. The van der Waals surface area contributed by atoms with Crippen LogP contribution in [0, 0.1) is 0 Å². The van der Waals surface area contributed by atoms with Gasteiger partial charge in [0, 0.05) is 45.1 Å². The zero-order valence-corrected chi connectivity index (χ0v) is 11.0. The first-order valence-electron chi connectivity index (χ1n) is 6.88. The molecule has 6 heteroatoms. The van der Waals surface area contributed by atoms with Crippen molar-refractivity contribution >= 4 is 11.7 Å². The van der Waals surface area contributed by atoms with Gasteiger partial charge in [-0.15, -0.1) is 0 Å². The van der Waals surface area contributed by atoms with Crippen molar-refractivity contribution in [1.82, 2.24) is 20.2 Å². The molecule has 1 atom stereocenters. The van der Waals surface area contributed by atoms with Gasteiger partial charge in [-0.1, -0.05) is 0 Å². The normalized spacial score (nSPS) is 23.7. The maximum absolute atomic E-state index is 12.6. The second-order valence-electron chi connectivity index (χ2n) is 4.99. The average molecular weight is 261 g/mol. The van der Waals surface area contributed by atoms with E-state index in [2.05, 4.69) is 20.2 Å². The number of anilines is 1. The van der Waals surface area contributed by atoms with Gasteiger partial charge in [0.15, 0.2) is 0 Å². The molecule has 102 valence electrons. The molecule has 1 unspecified atom stereocenters.